The van der Waals surface area contributed by atoms with Gasteiger partial charge >= 0.3 is 0 Å². The number of rotatable bonds is 1. The van der Waals surface area contributed by atoms with Gasteiger partial charge in [-0.05, 0) is 53.3 Å². The van der Waals surface area contributed by atoms with Crippen molar-refractivity contribution < 1.29 is 8.98 Å². The van der Waals surface area contributed by atoms with Gasteiger partial charge in [0.1, 0.15) is 18.2 Å². The van der Waals surface area contributed by atoms with Crippen molar-refractivity contribution in [2.24, 2.45) is 7.05 Å². The van der Waals surface area contributed by atoms with E-state index in [1.807, 2.05) is 0 Å². The fourth-order valence-electron chi connectivity index (χ4n) is 5.46. The molecule has 2 heteroatoms. The smallest absolute Gasteiger partial charge is 0.216 e. The summed E-state index contributed by atoms with van der Waals surface area (Å²) >= 11 is 0. The average Bonchev–Trinajstić information content (AvgIpc) is 3.23. The summed E-state index contributed by atoms with van der Waals surface area (Å²) in [6.07, 6.45) is 2.13. The molecule has 0 amide bonds. The van der Waals surface area contributed by atoms with E-state index in [1.54, 1.807) is 0 Å². The van der Waals surface area contributed by atoms with Crippen LogP contribution in [0.3, 0.4) is 0 Å². The molecule has 0 N–H and O–H groups in total. The monoisotopic (exact) mass is 404 g/mol. The van der Waals surface area contributed by atoms with Crippen molar-refractivity contribution >= 4 is 21.9 Å². The number of nitrogens with zero attached hydrogens (tertiary/aromatic N) is 1. The number of hydrogen-bond acceptors (Lipinski definition) is 1. The van der Waals surface area contributed by atoms with E-state index in [1.165, 1.54) is 55.4 Å². The van der Waals surface area contributed by atoms with E-state index >= 15 is 0 Å². The molecule has 152 valence electrons. The number of aryl methyl sites for hydroxylation is 3. The molecule has 5 aromatic rings. The first-order valence-electron chi connectivity index (χ1n) is 10.9. The lowest BCUT2D eigenvalue weighted by Gasteiger charge is -2.21. The van der Waals surface area contributed by atoms with Crippen LogP contribution in [-0.4, -0.2) is 0 Å². The molecular weight excluding hydrogens is 378 g/mol. The predicted molar refractivity (Wildman–Crippen MR) is 127 cm³/mol. The van der Waals surface area contributed by atoms with Gasteiger partial charge in [-0.3, -0.25) is 0 Å². The standard InChI is InChI=1S/C29H26NO/c1-17-14-15-30(5)23(16-17)25-18(2)10-11-20-27-24(31-28(20)25)13-12-22-26(27)19-8-6-7-9-21(19)29(22,3)4/h6-16H,1-5H3/q+1. The van der Waals surface area contributed by atoms with Crippen molar-refractivity contribution in [1.29, 1.82) is 0 Å². The minimum absolute atomic E-state index is 0.0137. The summed E-state index contributed by atoms with van der Waals surface area (Å²) < 4.78 is 8.79. The lowest BCUT2D eigenvalue weighted by molar-refractivity contribution is -0.660. The molecule has 0 atom stereocenters. The number of furan rings is 1. The molecular formula is C29H26NO+. The molecule has 0 spiro atoms. The lowest BCUT2D eigenvalue weighted by atomic mass is 9.82. The Morgan fingerprint density at radius 3 is 2.48 bits per heavy atom. The van der Waals surface area contributed by atoms with Crippen molar-refractivity contribution in [2.45, 2.75) is 33.1 Å². The molecule has 3 aromatic carbocycles. The molecule has 0 aliphatic heterocycles. The maximum Gasteiger partial charge on any atom is 0.216 e. The van der Waals surface area contributed by atoms with E-state index in [2.05, 4.69) is 106 Å². The fraction of sp³-hybridized carbons (Fsp3) is 0.207. The molecule has 0 saturated carbocycles. The zero-order chi connectivity index (χ0) is 21.5. The third-order valence-corrected chi connectivity index (χ3v) is 7.12. The van der Waals surface area contributed by atoms with E-state index < -0.39 is 0 Å². The van der Waals surface area contributed by atoms with Crippen LogP contribution in [0.25, 0.3) is 44.3 Å². The van der Waals surface area contributed by atoms with Crippen LogP contribution in [0.4, 0.5) is 0 Å². The number of aromatic nitrogens is 1. The van der Waals surface area contributed by atoms with Crippen molar-refractivity contribution in [3.8, 4) is 22.4 Å². The Morgan fingerprint density at radius 2 is 1.65 bits per heavy atom. The largest absolute Gasteiger partial charge is 0.455 e. The second-order valence-corrected chi connectivity index (χ2v) is 9.47. The molecule has 6 rings (SSSR count). The normalized spacial score (nSPS) is 14.2. The minimum atomic E-state index is -0.0137. The predicted octanol–water partition coefficient (Wildman–Crippen LogP) is 7.00. The first-order chi connectivity index (χ1) is 14.9. The van der Waals surface area contributed by atoms with Gasteiger partial charge in [-0.25, -0.2) is 4.57 Å². The van der Waals surface area contributed by atoms with Crippen LogP contribution in [-0.2, 0) is 12.5 Å². The molecule has 0 unspecified atom stereocenters. The van der Waals surface area contributed by atoms with Crippen molar-refractivity contribution in [1.82, 2.24) is 0 Å². The Hall–Kier alpha value is -3.39. The fourth-order valence-corrected chi connectivity index (χ4v) is 5.46. The third kappa shape index (κ3) is 2.36. The summed E-state index contributed by atoms with van der Waals surface area (Å²) in [6, 6.07) is 22.1. The van der Waals surface area contributed by atoms with Gasteiger partial charge in [-0.15, -0.1) is 0 Å². The zero-order valence-electron chi connectivity index (χ0n) is 18.7. The van der Waals surface area contributed by atoms with E-state index in [0.29, 0.717) is 0 Å². The van der Waals surface area contributed by atoms with Gasteiger partial charge in [-0.1, -0.05) is 56.3 Å². The van der Waals surface area contributed by atoms with Gasteiger partial charge in [0.15, 0.2) is 6.20 Å². The molecule has 1 aliphatic rings. The van der Waals surface area contributed by atoms with Crippen LogP contribution >= 0.6 is 0 Å². The SMILES string of the molecule is Cc1cc[n+](C)c(-c2c(C)ccc3c2oc2ccc4c(c23)-c2ccccc2C4(C)C)c1. The second kappa shape index (κ2) is 6.07. The molecule has 31 heavy (non-hydrogen) atoms. The number of hydrogen-bond donors (Lipinski definition) is 0. The van der Waals surface area contributed by atoms with Gasteiger partial charge in [0.25, 0.3) is 0 Å². The zero-order valence-corrected chi connectivity index (χ0v) is 18.7. The van der Waals surface area contributed by atoms with Crippen molar-refractivity contribution in [3.05, 3.63) is 89.1 Å². The third-order valence-electron chi connectivity index (χ3n) is 7.12. The van der Waals surface area contributed by atoms with Gasteiger partial charge in [-0.2, -0.15) is 0 Å². The molecule has 0 bridgehead atoms. The Bertz CT molecular complexity index is 1530. The molecule has 0 saturated heterocycles. The van der Waals surface area contributed by atoms with E-state index in [9.17, 15) is 0 Å². The molecule has 1 aliphatic carbocycles. The first-order valence-corrected chi connectivity index (χ1v) is 10.9. The second-order valence-electron chi connectivity index (χ2n) is 9.47. The average molecular weight is 405 g/mol. The Labute approximate surface area is 182 Å². The summed E-state index contributed by atoms with van der Waals surface area (Å²) in [6.45, 7) is 8.97. The van der Waals surface area contributed by atoms with E-state index in [0.717, 1.165) is 11.2 Å². The summed E-state index contributed by atoms with van der Waals surface area (Å²) in [7, 11) is 2.10. The quantitative estimate of drug-likeness (QED) is 0.275. The van der Waals surface area contributed by atoms with E-state index in [4.69, 9.17) is 4.42 Å². The van der Waals surface area contributed by atoms with E-state index in [-0.39, 0.29) is 5.41 Å². The highest BCUT2D eigenvalue weighted by molar-refractivity contribution is 6.17. The van der Waals surface area contributed by atoms with Crippen LogP contribution in [0.5, 0.6) is 0 Å². The maximum atomic E-state index is 6.61. The van der Waals surface area contributed by atoms with Crippen molar-refractivity contribution in [3.63, 3.8) is 0 Å². The molecule has 0 radical (unpaired) electrons. The van der Waals surface area contributed by atoms with Gasteiger partial charge < -0.3 is 4.42 Å². The molecule has 2 aromatic heterocycles. The number of pyridine rings is 1. The van der Waals surface area contributed by atoms with Gasteiger partial charge in [0.2, 0.25) is 5.69 Å². The number of fused-ring (bicyclic) bond motifs is 7. The highest BCUT2D eigenvalue weighted by Crippen LogP contribution is 2.53. The summed E-state index contributed by atoms with van der Waals surface area (Å²) in [5.41, 5.74) is 12.2. The summed E-state index contributed by atoms with van der Waals surface area (Å²) in [5.74, 6) is 0. The highest BCUT2D eigenvalue weighted by atomic mass is 16.3. The Kier molecular flexibility index (Phi) is 3.60. The van der Waals surface area contributed by atoms with Crippen LogP contribution < -0.4 is 4.57 Å². The maximum absolute atomic E-state index is 6.61. The topological polar surface area (TPSA) is 17.0 Å². The van der Waals surface area contributed by atoms with Crippen molar-refractivity contribution in [2.75, 3.05) is 0 Å². The van der Waals surface area contributed by atoms with Gasteiger partial charge in [0, 0.05) is 28.3 Å². The Balaban J connectivity index is 1.78. The Morgan fingerprint density at radius 1 is 0.839 bits per heavy atom. The molecule has 0 fully saturated rings. The minimum Gasteiger partial charge on any atom is -0.455 e. The van der Waals surface area contributed by atoms with Crippen LogP contribution in [0.2, 0.25) is 0 Å². The first kappa shape index (κ1) is 18.4. The van der Waals surface area contributed by atoms with Crippen LogP contribution in [0, 0.1) is 13.8 Å². The van der Waals surface area contributed by atoms with Gasteiger partial charge in [0.05, 0.1) is 5.56 Å². The number of benzene rings is 3. The van der Waals surface area contributed by atoms with Crippen LogP contribution in [0.1, 0.15) is 36.1 Å². The highest BCUT2D eigenvalue weighted by Gasteiger charge is 2.37. The molecule has 2 heterocycles. The van der Waals surface area contributed by atoms with Crippen LogP contribution in [0.15, 0.2) is 71.3 Å². The summed E-state index contributed by atoms with van der Waals surface area (Å²) in [4.78, 5) is 0. The summed E-state index contributed by atoms with van der Waals surface area (Å²) in [5, 5.41) is 2.43. The lowest BCUT2D eigenvalue weighted by Crippen LogP contribution is -2.30. The molecule has 2 nitrogen and oxygen atoms in total.